The number of primary amides is 1. The molecule has 138 valence electrons. The molecule has 0 aliphatic carbocycles. The standard InChI is InChI=1S/C19H29N3O3/c1-3-15-7-4-9-17(13-15)25-12-6-10-21(2)18(23)16-8-5-11-22(14-16)19(20)24/h4,7,9,13,16H,3,5-6,8,10-12,14H2,1-2H3,(H2,20,24). The Hall–Kier alpha value is -2.24. The summed E-state index contributed by atoms with van der Waals surface area (Å²) in [4.78, 5) is 27.1. The van der Waals surface area contributed by atoms with Gasteiger partial charge in [-0.2, -0.15) is 0 Å². The van der Waals surface area contributed by atoms with E-state index in [1.807, 2.05) is 19.2 Å². The highest BCUT2D eigenvalue weighted by atomic mass is 16.5. The number of aryl methyl sites for hydroxylation is 1. The van der Waals surface area contributed by atoms with E-state index in [2.05, 4.69) is 19.1 Å². The topological polar surface area (TPSA) is 75.9 Å². The van der Waals surface area contributed by atoms with E-state index in [9.17, 15) is 9.59 Å². The minimum Gasteiger partial charge on any atom is -0.494 e. The van der Waals surface area contributed by atoms with Gasteiger partial charge in [0.15, 0.2) is 0 Å². The van der Waals surface area contributed by atoms with E-state index < -0.39 is 6.03 Å². The van der Waals surface area contributed by atoms with Gasteiger partial charge < -0.3 is 20.3 Å². The minimum absolute atomic E-state index is 0.0823. The average Bonchev–Trinajstić information content (AvgIpc) is 2.64. The van der Waals surface area contributed by atoms with Gasteiger partial charge in [0.05, 0.1) is 12.5 Å². The summed E-state index contributed by atoms with van der Waals surface area (Å²) in [5, 5.41) is 0. The predicted molar refractivity (Wildman–Crippen MR) is 97.4 cm³/mol. The van der Waals surface area contributed by atoms with Gasteiger partial charge in [0.25, 0.3) is 0 Å². The van der Waals surface area contributed by atoms with Crippen LogP contribution in [0.5, 0.6) is 5.75 Å². The summed E-state index contributed by atoms with van der Waals surface area (Å²) in [5.74, 6) is 0.810. The zero-order valence-corrected chi connectivity index (χ0v) is 15.2. The van der Waals surface area contributed by atoms with E-state index in [4.69, 9.17) is 10.5 Å². The van der Waals surface area contributed by atoms with Gasteiger partial charge in [-0.25, -0.2) is 4.79 Å². The molecule has 1 fully saturated rings. The average molecular weight is 347 g/mol. The number of amides is 3. The SMILES string of the molecule is CCc1cccc(OCCCN(C)C(=O)C2CCCN(C(N)=O)C2)c1. The maximum atomic E-state index is 12.5. The number of nitrogens with two attached hydrogens (primary N) is 1. The van der Waals surface area contributed by atoms with Gasteiger partial charge in [-0.1, -0.05) is 19.1 Å². The zero-order chi connectivity index (χ0) is 18.2. The van der Waals surface area contributed by atoms with Crippen molar-refractivity contribution in [1.29, 1.82) is 0 Å². The van der Waals surface area contributed by atoms with Crippen LogP contribution in [0, 0.1) is 5.92 Å². The van der Waals surface area contributed by atoms with Crippen LogP contribution in [-0.2, 0) is 11.2 Å². The van der Waals surface area contributed by atoms with Crippen LogP contribution in [0.2, 0.25) is 0 Å². The highest BCUT2D eigenvalue weighted by Gasteiger charge is 2.29. The van der Waals surface area contributed by atoms with E-state index in [1.165, 1.54) is 5.56 Å². The summed E-state index contributed by atoms with van der Waals surface area (Å²) < 4.78 is 5.77. The molecule has 1 heterocycles. The van der Waals surface area contributed by atoms with E-state index in [1.54, 1.807) is 9.80 Å². The van der Waals surface area contributed by atoms with Gasteiger partial charge in [-0.05, 0) is 43.4 Å². The van der Waals surface area contributed by atoms with Crippen LogP contribution in [0.3, 0.4) is 0 Å². The Morgan fingerprint density at radius 1 is 1.40 bits per heavy atom. The Morgan fingerprint density at radius 3 is 2.92 bits per heavy atom. The molecule has 0 saturated carbocycles. The molecule has 1 aromatic carbocycles. The third kappa shape index (κ3) is 5.66. The number of hydrogen-bond donors (Lipinski definition) is 1. The lowest BCUT2D eigenvalue weighted by molar-refractivity contribution is -0.135. The van der Waals surface area contributed by atoms with Crippen LogP contribution in [0.1, 0.15) is 31.7 Å². The molecule has 25 heavy (non-hydrogen) atoms. The summed E-state index contributed by atoms with van der Waals surface area (Å²) >= 11 is 0. The molecule has 1 aliphatic rings. The molecule has 1 aromatic rings. The molecule has 6 nitrogen and oxygen atoms in total. The van der Waals surface area contributed by atoms with Crippen molar-refractivity contribution in [3.05, 3.63) is 29.8 Å². The van der Waals surface area contributed by atoms with Gasteiger partial charge in [0.1, 0.15) is 5.75 Å². The van der Waals surface area contributed by atoms with Crippen molar-refractivity contribution in [2.75, 3.05) is 33.3 Å². The van der Waals surface area contributed by atoms with E-state index in [0.717, 1.165) is 31.4 Å². The van der Waals surface area contributed by atoms with Gasteiger partial charge >= 0.3 is 6.03 Å². The Morgan fingerprint density at radius 2 is 2.20 bits per heavy atom. The van der Waals surface area contributed by atoms with Crippen molar-refractivity contribution in [2.45, 2.75) is 32.6 Å². The monoisotopic (exact) mass is 347 g/mol. The first-order valence-corrected chi connectivity index (χ1v) is 9.02. The summed E-state index contributed by atoms with van der Waals surface area (Å²) in [7, 11) is 1.81. The fourth-order valence-electron chi connectivity index (χ4n) is 3.15. The molecule has 1 atom stereocenters. The maximum Gasteiger partial charge on any atom is 0.314 e. The molecule has 0 radical (unpaired) electrons. The lowest BCUT2D eigenvalue weighted by Gasteiger charge is -2.33. The first-order valence-electron chi connectivity index (χ1n) is 9.02. The molecule has 6 heteroatoms. The number of carbonyl (C=O) groups excluding carboxylic acids is 2. The van der Waals surface area contributed by atoms with Gasteiger partial charge in [-0.15, -0.1) is 0 Å². The quantitative estimate of drug-likeness (QED) is 0.769. The van der Waals surface area contributed by atoms with Crippen LogP contribution in [0.15, 0.2) is 24.3 Å². The molecule has 0 bridgehead atoms. The fraction of sp³-hybridized carbons (Fsp3) is 0.579. The Labute approximate surface area is 149 Å². The molecular weight excluding hydrogens is 318 g/mol. The first-order chi connectivity index (χ1) is 12.0. The van der Waals surface area contributed by atoms with Crippen molar-refractivity contribution < 1.29 is 14.3 Å². The third-order valence-corrected chi connectivity index (χ3v) is 4.67. The number of hydrogen-bond acceptors (Lipinski definition) is 3. The van der Waals surface area contributed by atoms with Crippen LogP contribution in [0.4, 0.5) is 4.79 Å². The number of urea groups is 1. The molecular formula is C19H29N3O3. The molecule has 0 aromatic heterocycles. The number of rotatable bonds is 7. The van der Waals surface area contributed by atoms with Crippen LogP contribution in [0.25, 0.3) is 0 Å². The number of ether oxygens (including phenoxy) is 1. The summed E-state index contributed by atoms with van der Waals surface area (Å²) in [6, 6.07) is 7.64. The largest absolute Gasteiger partial charge is 0.494 e. The Bertz CT molecular complexity index is 591. The number of piperidine rings is 1. The van der Waals surface area contributed by atoms with Crippen LogP contribution >= 0.6 is 0 Å². The fourth-order valence-corrected chi connectivity index (χ4v) is 3.15. The second kappa shape index (κ2) is 9.30. The highest BCUT2D eigenvalue weighted by Crippen LogP contribution is 2.18. The molecule has 3 amide bonds. The highest BCUT2D eigenvalue weighted by molar-refractivity contribution is 5.80. The molecule has 2 N–H and O–H groups in total. The van der Waals surface area contributed by atoms with Crippen LogP contribution in [-0.4, -0.2) is 55.0 Å². The minimum atomic E-state index is -0.442. The lowest BCUT2D eigenvalue weighted by atomic mass is 9.97. The summed E-state index contributed by atoms with van der Waals surface area (Å²) in [6.45, 7) is 4.40. The first kappa shape index (κ1) is 19.1. The van der Waals surface area contributed by atoms with Gasteiger partial charge in [-0.3, -0.25) is 4.79 Å². The van der Waals surface area contributed by atoms with Gasteiger partial charge in [0.2, 0.25) is 5.91 Å². The van der Waals surface area contributed by atoms with Crippen molar-refractivity contribution in [3.63, 3.8) is 0 Å². The third-order valence-electron chi connectivity index (χ3n) is 4.67. The number of carbonyl (C=O) groups is 2. The lowest BCUT2D eigenvalue weighted by Crippen LogP contribution is -2.47. The Balaban J connectivity index is 1.73. The number of likely N-dealkylation sites (tertiary alicyclic amines) is 1. The Kier molecular flexibility index (Phi) is 7.10. The van der Waals surface area contributed by atoms with Crippen molar-refractivity contribution in [3.8, 4) is 5.75 Å². The van der Waals surface area contributed by atoms with Crippen molar-refractivity contribution >= 4 is 11.9 Å². The number of benzene rings is 1. The van der Waals surface area contributed by atoms with Crippen LogP contribution < -0.4 is 10.5 Å². The number of nitrogens with zero attached hydrogens (tertiary/aromatic N) is 2. The normalized spacial score (nSPS) is 17.2. The van der Waals surface area contributed by atoms with Crippen molar-refractivity contribution in [2.24, 2.45) is 11.7 Å². The molecule has 1 unspecified atom stereocenters. The van der Waals surface area contributed by atoms with E-state index in [0.29, 0.717) is 26.2 Å². The van der Waals surface area contributed by atoms with E-state index >= 15 is 0 Å². The predicted octanol–water partition coefficient (Wildman–Crippen LogP) is 2.27. The smallest absolute Gasteiger partial charge is 0.314 e. The summed E-state index contributed by atoms with van der Waals surface area (Å²) in [5.41, 5.74) is 6.58. The van der Waals surface area contributed by atoms with Gasteiger partial charge in [0, 0.05) is 26.7 Å². The molecule has 1 saturated heterocycles. The molecule has 2 rings (SSSR count). The second-order valence-electron chi connectivity index (χ2n) is 6.59. The van der Waals surface area contributed by atoms with E-state index in [-0.39, 0.29) is 11.8 Å². The maximum absolute atomic E-state index is 12.5. The molecule has 1 aliphatic heterocycles. The van der Waals surface area contributed by atoms with Crippen molar-refractivity contribution in [1.82, 2.24) is 9.80 Å². The molecule has 0 spiro atoms. The summed E-state index contributed by atoms with van der Waals surface area (Å²) in [6.07, 6.45) is 3.39. The zero-order valence-electron chi connectivity index (χ0n) is 15.2. The second-order valence-corrected chi connectivity index (χ2v) is 6.59.